The fraction of sp³-hybridized carbons (Fsp3) is 0.500. The molecule has 0 aliphatic rings. The molecule has 0 atom stereocenters. The van der Waals surface area contributed by atoms with Crippen molar-refractivity contribution in [3.63, 3.8) is 0 Å². The third-order valence-electron chi connectivity index (χ3n) is 2.58. The average molecular weight is 266 g/mol. The molecular weight excluding hydrogens is 244 g/mol. The lowest BCUT2D eigenvalue weighted by atomic mass is 10.0. The standard InChI is InChI=1S/C14H22N2O3/c1-5-19-13(17)10-7-6-8-11(12(10)15)16-14(2,3)9-18-4/h6-8,16H,5,9,15H2,1-4H3. The maximum atomic E-state index is 11.8. The van der Waals surface area contributed by atoms with Gasteiger partial charge in [-0.25, -0.2) is 4.79 Å². The van der Waals surface area contributed by atoms with Gasteiger partial charge in [-0.2, -0.15) is 0 Å². The maximum absolute atomic E-state index is 11.8. The third-order valence-corrected chi connectivity index (χ3v) is 2.58. The Morgan fingerprint density at radius 2 is 2.11 bits per heavy atom. The highest BCUT2D eigenvalue weighted by molar-refractivity contribution is 5.98. The van der Waals surface area contributed by atoms with Gasteiger partial charge in [0, 0.05) is 7.11 Å². The van der Waals surface area contributed by atoms with Crippen LogP contribution in [0.3, 0.4) is 0 Å². The molecular formula is C14H22N2O3. The Morgan fingerprint density at radius 3 is 2.68 bits per heavy atom. The zero-order valence-electron chi connectivity index (χ0n) is 11.9. The fourth-order valence-corrected chi connectivity index (χ4v) is 1.82. The number of esters is 1. The number of hydrogen-bond donors (Lipinski definition) is 2. The van der Waals surface area contributed by atoms with E-state index in [0.717, 1.165) is 0 Å². The van der Waals surface area contributed by atoms with Crippen LogP contribution < -0.4 is 11.1 Å². The molecule has 3 N–H and O–H groups in total. The molecule has 1 rings (SSSR count). The first-order valence-corrected chi connectivity index (χ1v) is 6.24. The molecule has 1 aromatic carbocycles. The molecule has 106 valence electrons. The Hall–Kier alpha value is -1.75. The molecule has 0 unspecified atom stereocenters. The van der Waals surface area contributed by atoms with Crippen LogP contribution in [0, 0.1) is 0 Å². The minimum atomic E-state index is -0.409. The lowest BCUT2D eigenvalue weighted by Crippen LogP contribution is -2.36. The van der Waals surface area contributed by atoms with Gasteiger partial charge in [0.15, 0.2) is 0 Å². The number of para-hydroxylation sites is 1. The van der Waals surface area contributed by atoms with Crippen molar-refractivity contribution in [1.82, 2.24) is 0 Å². The lowest BCUT2D eigenvalue weighted by molar-refractivity contribution is 0.0527. The molecule has 0 aromatic heterocycles. The van der Waals surface area contributed by atoms with Crippen LogP contribution in [0.15, 0.2) is 18.2 Å². The van der Waals surface area contributed by atoms with Crippen LogP contribution in [-0.4, -0.2) is 31.8 Å². The Labute approximate surface area is 114 Å². The van der Waals surface area contributed by atoms with Crippen molar-refractivity contribution in [3.05, 3.63) is 23.8 Å². The summed E-state index contributed by atoms with van der Waals surface area (Å²) >= 11 is 0. The Morgan fingerprint density at radius 1 is 1.42 bits per heavy atom. The number of anilines is 2. The second-order valence-electron chi connectivity index (χ2n) is 4.93. The van der Waals surface area contributed by atoms with Gasteiger partial charge in [0.05, 0.1) is 35.7 Å². The zero-order chi connectivity index (χ0) is 14.5. The highest BCUT2D eigenvalue weighted by Crippen LogP contribution is 2.26. The Bertz CT molecular complexity index is 444. The number of hydrogen-bond acceptors (Lipinski definition) is 5. The molecule has 0 aliphatic heterocycles. The minimum Gasteiger partial charge on any atom is -0.462 e. The van der Waals surface area contributed by atoms with E-state index in [0.29, 0.717) is 30.2 Å². The number of benzene rings is 1. The average Bonchev–Trinajstić information content (AvgIpc) is 2.31. The van der Waals surface area contributed by atoms with E-state index < -0.39 is 5.97 Å². The lowest BCUT2D eigenvalue weighted by Gasteiger charge is -2.27. The topological polar surface area (TPSA) is 73.6 Å². The number of nitrogens with one attached hydrogen (secondary N) is 1. The normalized spacial score (nSPS) is 11.2. The summed E-state index contributed by atoms with van der Waals surface area (Å²) in [5, 5.41) is 3.27. The first-order valence-electron chi connectivity index (χ1n) is 6.24. The quantitative estimate of drug-likeness (QED) is 0.610. The summed E-state index contributed by atoms with van der Waals surface area (Å²) in [6.07, 6.45) is 0. The van der Waals surface area contributed by atoms with Gasteiger partial charge in [-0.15, -0.1) is 0 Å². The van der Waals surface area contributed by atoms with Crippen LogP contribution in [-0.2, 0) is 9.47 Å². The zero-order valence-corrected chi connectivity index (χ0v) is 11.9. The fourth-order valence-electron chi connectivity index (χ4n) is 1.82. The predicted molar refractivity (Wildman–Crippen MR) is 76.4 cm³/mol. The van der Waals surface area contributed by atoms with E-state index in [4.69, 9.17) is 15.2 Å². The summed E-state index contributed by atoms with van der Waals surface area (Å²) in [4.78, 5) is 11.8. The van der Waals surface area contributed by atoms with Gasteiger partial charge in [0.2, 0.25) is 0 Å². The van der Waals surface area contributed by atoms with Crippen molar-refractivity contribution in [3.8, 4) is 0 Å². The van der Waals surface area contributed by atoms with Crippen molar-refractivity contribution in [2.45, 2.75) is 26.3 Å². The van der Waals surface area contributed by atoms with Crippen LogP contribution in [0.4, 0.5) is 11.4 Å². The molecule has 5 heteroatoms. The van der Waals surface area contributed by atoms with Gasteiger partial charge in [0.25, 0.3) is 0 Å². The number of rotatable bonds is 6. The Balaban J connectivity index is 2.98. The van der Waals surface area contributed by atoms with E-state index in [1.807, 2.05) is 19.9 Å². The molecule has 0 radical (unpaired) electrons. The molecule has 0 saturated heterocycles. The number of nitrogens with two attached hydrogens (primary N) is 1. The van der Waals surface area contributed by atoms with E-state index in [2.05, 4.69) is 5.32 Å². The monoisotopic (exact) mass is 266 g/mol. The second-order valence-corrected chi connectivity index (χ2v) is 4.93. The smallest absolute Gasteiger partial charge is 0.340 e. The summed E-state index contributed by atoms with van der Waals surface area (Å²) in [7, 11) is 1.64. The SMILES string of the molecule is CCOC(=O)c1cccc(NC(C)(C)COC)c1N. The van der Waals surface area contributed by atoms with E-state index in [1.54, 1.807) is 26.2 Å². The predicted octanol–water partition coefficient (Wildman–Crippen LogP) is 2.28. The van der Waals surface area contributed by atoms with E-state index in [9.17, 15) is 4.79 Å². The molecule has 0 saturated carbocycles. The van der Waals surface area contributed by atoms with Crippen LogP contribution in [0.5, 0.6) is 0 Å². The summed E-state index contributed by atoms with van der Waals surface area (Å²) in [6, 6.07) is 5.26. The minimum absolute atomic E-state index is 0.282. The van der Waals surface area contributed by atoms with Crippen molar-refractivity contribution in [2.75, 3.05) is 31.4 Å². The highest BCUT2D eigenvalue weighted by Gasteiger charge is 2.20. The van der Waals surface area contributed by atoms with E-state index >= 15 is 0 Å². The summed E-state index contributed by atoms with van der Waals surface area (Å²) in [5.41, 5.74) is 7.20. The molecule has 0 bridgehead atoms. The molecule has 19 heavy (non-hydrogen) atoms. The van der Waals surface area contributed by atoms with Crippen molar-refractivity contribution < 1.29 is 14.3 Å². The number of ether oxygens (including phenoxy) is 2. The molecule has 5 nitrogen and oxygen atoms in total. The molecule has 0 amide bonds. The number of carbonyl (C=O) groups is 1. The molecule has 1 aromatic rings. The van der Waals surface area contributed by atoms with Gasteiger partial charge in [-0.05, 0) is 32.9 Å². The third kappa shape index (κ3) is 4.13. The first kappa shape index (κ1) is 15.3. The summed E-state index contributed by atoms with van der Waals surface area (Å²) in [6.45, 7) is 6.60. The van der Waals surface area contributed by atoms with E-state index in [1.165, 1.54) is 0 Å². The first-order chi connectivity index (χ1) is 8.91. The summed E-state index contributed by atoms with van der Waals surface area (Å²) < 4.78 is 10.1. The largest absolute Gasteiger partial charge is 0.462 e. The molecule has 0 spiro atoms. The number of methoxy groups -OCH3 is 1. The van der Waals surface area contributed by atoms with Gasteiger partial charge < -0.3 is 20.5 Å². The highest BCUT2D eigenvalue weighted by atomic mass is 16.5. The van der Waals surface area contributed by atoms with Gasteiger partial charge in [-0.3, -0.25) is 0 Å². The Kier molecular flexibility index (Phi) is 5.18. The maximum Gasteiger partial charge on any atom is 0.340 e. The van der Waals surface area contributed by atoms with Crippen LogP contribution in [0.25, 0.3) is 0 Å². The van der Waals surface area contributed by atoms with Gasteiger partial charge in [-0.1, -0.05) is 6.07 Å². The van der Waals surface area contributed by atoms with E-state index in [-0.39, 0.29) is 5.54 Å². The van der Waals surface area contributed by atoms with Crippen LogP contribution in [0.1, 0.15) is 31.1 Å². The number of nitrogen functional groups attached to an aromatic ring is 1. The van der Waals surface area contributed by atoms with Gasteiger partial charge >= 0.3 is 5.97 Å². The van der Waals surface area contributed by atoms with Crippen molar-refractivity contribution in [1.29, 1.82) is 0 Å². The van der Waals surface area contributed by atoms with Gasteiger partial charge in [0.1, 0.15) is 0 Å². The second kappa shape index (κ2) is 6.43. The summed E-state index contributed by atoms with van der Waals surface area (Å²) in [5.74, 6) is -0.409. The van der Waals surface area contributed by atoms with Crippen LogP contribution >= 0.6 is 0 Å². The molecule has 0 heterocycles. The van der Waals surface area contributed by atoms with Crippen molar-refractivity contribution in [2.24, 2.45) is 0 Å². The number of carbonyl (C=O) groups excluding carboxylic acids is 1. The molecule has 0 fully saturated rings. The van der Waals surface area contributed by atoms with Crippen LogP contribution in [0.2, 0.25) is 0 Å². The molecule has 0 aliphatic carbocycles. The van der Waals surface area contributed by atoms with Crippen molar-refractivity contribution >= 4 is 17.3 Å².